The quantitative estimate of drug-likeness (QED) is 0.262. The van der Waals surface area contributed by atoms with Gasteiger partial charge in [-0.2, -0.15) is 13.2 Å². The minimum atomic E-state index is -4.45. The normalized spacial score (nSPS) is 22.6. The summed E-state index contributed by atoms with van der Waals surface area (Å²) in [7, 11) is 0. The fraction of sp³-hybridized carbons (Fsp3) is 0.476. The third-order valence-electron chi connectivity index (χ3n) is 5.80. The molecule has 0 amide bonds. The third kappa shape index (κ3) is 5.18. The number of unbranched alkanes of at least 4 members (excludes halogenated alkanes) is 1. The second-order valence-electron chi connectivity index (χ2n) is 8.19. The fourth-order valence-corrected chi connectivity index (χ4v) is 4.65. The molecule has 4 atom stereocenters. The lowest BCUT2D eigenvalue weighted by Gasteiger charge is -2.16. The molecule has 2 heterocycles. The molecule has 4 N–H and O–H groups in total. The van der Waals surface area contributed by atoms with Gasteiger partial charge in [0.15, 0.2) is 22.1 Å². The van der Waals surface area contributed by atoms with E-state index in [9.17, 15) is 33.3 Å². The van der Waals surface area contributed by atoms with Crippen LogP contribution in [0.15, 0.2) is 34.3 Å². The van der Waals surface area contributed by atoms with Crippen molar-refractivity contribution in [2.75, 3.05) is 11.9 Å². The number of aliphatic hydroxyl groups is 2. The molecule has 0 spiro atoms. The second-order valence-corrected chi connectivity index (χ2v) is 9.24. The maximum atomic E-state index is 12.9. The van der Waals surface area contributed by atoms with E-state index in [1.165, 1.54) is 16.8 Å². The van der Waals surface area contributed by atoms with Gasteiger partial charge in [0.1, 0.15) is 6.10 Å². The van der Waals surface area contributed by atoms with E-state index in [0.717, 1.165) is 36.7 Å². The summed E-state index contributed by atoms with van der Waals surface area (Å²) in [5, 5.41) is 41.5. The Morgan fingerprint density at radius 1 is 1.20 bits per heavy atom. The smallest absolute Gasteiger partial charge is 0.416 e. The van der Waals surface area contributed by atoms with E-state index in [2.05, 4.69) is 25.6 Å². The molecule has 0 saturated heterocycles. The number of nitrogens with zero attached hydrogens (tertiary/aromatic N) is 5. The summed E-state index contributed by atoms with van der Waals surface area (Å²) in [5.41, 5.74) is -0.279. The Morgan fingerprint density at radius 2 is 1.91 bits per heavy atom. The zero-order valence-corrected chi connectivity index (χ0v) is 19.3. The Balaban J connectivity index is 1.71. The van der Waals surface area contributed by atoms with Gasteiger partial charge in [0, 0.05) is 11.4 Å². The van der Waals surface area contributed by atoms with E-state index in [0.29, 0.717) is 22.8 Å². The number of halogens is 3. The Labute approximate surface area is 201 Å². The van der Waals surface area contributed by atoms with Gasteiger partial charge in [-0.1, -0.05) is 18.6 Å². The van der Waals surface area contributed by atoms with Crippen LogP contribution in [0.1, 0.15) is 37.8 Å². The van der Waals surface area contributed by atoms with Gasteiger partial charge in [-0.05, 0) is 48.9 Å². The van der Waals surface area contributed by atoms with Gasteiger partial charge in [0.25, 0.3) is 0 Å². The van der Waals surface area contributed by atoms with Crippen molar-refractivity contribution in [1.82, 2.24) is 25.0 Å². The van der Waals surface area contributed by atoms with Gasteiger partial charge in [-0.25, -0.2) is 14.6 Å². The van der Waals surface area contributed by atoms with Crippen molar-refractivity contribution in [3.63, 3.8) is 0 Å². The number of carbonyl (C=O) groups is 1. The molecule has 0 aliphatic heterocycles. The van der Waals surface area contributed by atoms with Crippen molar-refractivity contribution in [2.24, 2.45) is 5.92 Å². The van der Waals surface area contributed by atoms with Gasteiger partial charge < -0.3 is 20.6 Å². The van der Waals surface area contributed by atoms with Crippen molar-refractivity contribution in [3.8, 4) is 0 Å². The van der Waals surface area contributed by atoms with Crippen LogP contribution in [-0.4, -0.2) is 65.0 Å². The lowest BCUT2D eigenvalue weighted by molar-refractivity contribution is -0.146. The molecule has 1 aromatic carbocycles. The molecule has 10 nitrogen and oxygen atoms in total. The topological polar surface area (TPSA) is 146 Å². The molecular weight excluding hydrogens is 489 g/mol. The molecule has 4 rings (SSSR count). The van der Waals surface area contributed by atoms with Crippen LogP contribution in [0.5, 0.6) is 0 Å². The van der Waals surface area contributed by atoms with Crippen molar-refractivity contribution in [1.29, 1.82) is 0 Å². The highest BCUT2D eigenvalue weighted by Crippen LogP contribution is 2.38. The first-order chi connectivity index (χ1) is 16.6. The fourth-order valence-electron chi connectivity index (χ4n) is 3.90. The molecule has 2 aromatic heterocycles. The molecule has 1 saturated carbocycles. The van der Waals surface area contributed by atoms with Crippen LogP contribution in [0.4, 0.5) is 19.0 Å². The Bertz CT molecular complexity index is 1210. The minimum Gasteiger partial charge on any atom is -0.481 e. The van der Waals surface area contributed by atoms with Crippen molar-refractivity contribution < 1.29 is 33.3 Å². The minimum absolute atomic E-state index is 0.0832. The van der Waals surface area contributed by atoms with Crippen LogP contribution in [-0.2, 0) is 11.0 Å². The first-order valence-electron chi connectivity index (χ1n) is 10.9. The number of hydrogen-bond acceptors (Lipinski definition) is 9. The zero-order chi connectivity index (χ0) is 25.3. The predicted octanol–water partition coefficient (Wildman–Crippen LogP) is 2.97. The van der Waals surface area contributed by atoms with Crippen molar-refractivity contribution in [3.05, 3.63) is 29.8 Å². The summed E-state index contributed by atoms with van der Waals surface area (Å²) in [4.78, 5) is 20.8. The van der Waals surface area contributed by atoms with Crippen LogP contribution in [0, 0.1) is 5.92 Å². The lowest BCUT2D eigenvalue weighted by atomic mass is 10.1. The lowest BCUT2D eigenvalue weighted by Crippen LogP contribution is -2.32. The largest absolute Gasteiger partial charge is 0.481 e. The standard InChI is InChI=1S/C21H23F3N6O4S/c1-2-3-8-25-17-14-18(30(29-28-14)13-9-12(19(33)34)15(31)16(13)32)27-20(26-17)35-11-6-4-10(5-7-11)21(22,23)24/h4-7,12-13,15-16,31-32H,2-3,8-9H2,1H3,(H,33,34)(H,25,26,27)/t12-,13?,15?,16?/m0/s1. The van der Waals surface area contributed by atoms with E-state index < -0.39 is 41.9 Å². The second kappa shape index (κ2) is 9.95. The van der Waals surface area contributed by atoms with Crippen LogP contribution >= 0.6 is 11.8 Å². The summed E-state index contributed by atoms with van der Waals surface area (Å²) in [6.45, 7) is 2.59. The Kier molecular flexibility index (Phi) is 7.15. The number of fused-ring (bicyclic) bond motifs is 1. The Hall–Kier alpha value is -2.97. The number of carboxylic acids is 1. The molecule has 1 aliphatic rings. The van der Waals surface area contributed by atoms with E-state index in [1.807, 2.05) is 6.92 Å². The number of carboxylic acid groups (broad SMARTS) is 1. The number of rotatable bonds is 8. The number of anilines is 1. The summed E-state index contributed by atoms with van der Waals surface area (Å²) in [5.74, 6) is -2.07. The average molecular weight is 513 g/mol. The maximum Gasteiger partial charge on any atom is 0.416 e. The van der Waals surface area contributed by atoms with E-state index in [1.54, 1.807) is 0 Å². The molecule has 14 heteroatoms. The van der Waals surface area contributed by atoms with Gasteiger partial charge in [-0.3, -0.25) is 4.79 Å². The van der Waals surface area contributed by atoms with Gasteiger partial charge >= 0.3 is 12.1 Å². The highest BCUT2D eigenvalue weighted by atomic mass is 32.2. The number of alkyl halides is 3. The zero-order valence-electron chi connectivity index (χ0n) is 18.5. The molecule has 188 valence electrons. The molecule has 1 fully saturated rings. The number of benzene rings is 1. The molecule has 3 unspecified atom stereocenters. The molecule has 3 aromatic rings. The molecule has 0 radical (unpaired) electrons. The van der Waals surface area contributed by atoms with Gasteiger partial charge in [-0.15, -0.1) is 5.10 Å². The first kappa shape index (κ1) is 25.1. The van der Waals surface area contributed by atoms with Gasteiger partial charge in [0.2, 0.25) is 0 Å². The number of aliphatic hydroxyl groups excluding tert-OH is 2. The molecular formula is C21H23F3N6O4S. The highest BCUT2D eigenvalue weighted by molar-refractivity contribution is 7.99. The molecule has 1 aliphatic carbocycles. The maximum absolute atomic E-state index is 12.9. The van der Waals surface area contributed by atoms with E-state index in [4.69, 9.17) is 0 Å². The molecule has 0 bridgehead atoms. The van der Waals surface area contributed by atoms with Crippen LogP contribution in [0.3, 0.4) is 0 Å². The van der Waals surface area contributed by atoms with Crippen LogP contribution in [0.25, 0.3) is 11.2 Å². The number of aromatic nitrogens is 5. The van der Waals surface area contributed by atoms with E-state index in [-0.39, 0.29) is 17.2 Å². The Morgan fingerprint density at radius 3 is 2.51 bits per heavy atom. The number of nitrogens with one attached hydrogen (secondary N) is 1. The highest BCUT2D eigenvalue weighted by Gasteiger charge is 2.47. The summed E-state index contributed by atoms with van der Waals surface area (Å²) in [6.07, 6.45) is -5.66. The van der Waals surface area contributed by atoms with Gasteiger partial charge in [0.05, 0.1) is 23.6 Å². The molecule has 35 heavy (non-hydrogen) atoms. The number of hydrogen-bond donors (Lipinski definition) is 4. The summed E-state index contributed by atoms with van der Waals surface area (Å²) < 4.78 is 39.9. The van der Waals surface area contributed by atoms with Crippen molar-refractivity contribution in [2.45, 2.75) is 60.7 Å². The van der Waals surface area contributed by atoms with Crippen LogP contribution < -0.4 is 5.32 Å². The monoisotopic (exact) mass is 512 g/mol. The predicted molar refractivity (Wildman–Crippen MR) is 119 cm³/mol. The van der Waals surface area contributed by atoms with Crippen molar-refractivity contribution >= 4 is 34.7 Å². The SMILES string of the molecule is CCCCNc1nc(Sc2ccc(C(F)(F)F)cc2)nc2c1nnn2C1C[C@H](C(=O)O)C(O)C1O. The average Bonchev–Trinajstić information content (AvgIpc) is 3.35. The third-order valence-corrected chi connectivity index (χ3v) is 6.67. The number of aliphatic carboxylic acids is 1. The van der Waals surface area contributed by atoms with E-state index >= 15 is 0 Å². The summed E-state index contributed by atoms with van der Waals surface area (Å²) >= 11 is 1.03. The first-order valence-corrected chi connectivity index (χ1v) is 11.7. The summed E-state index contributed by atoms with van der Waals surface area (Å²) in [6, 6.07) is 3.67. The van der Waals surface area contributed by atoms with Crippen LogP contribution in [0.2, 0.25) is 0 Å².